The average molecular weight is 396 g/mol. The van der Waals surface area contributed by atoms with E-state index in [4.69, 9.17) is 15.2 Å². The number of hydrogen-bond acceptors (Lipinski definition) is 5. The molecule has 0 saturated carbocycles. The van der Waals surface area contributed by atoms with Gasteiger partial charge in [-0.05, 0) is 36.4 Å². The lowest BCUT2D eigenvalue weighted by Gasteiger charge is -2.11. The summed E-state index contributed by atoms with van der Waals surface area (Å²) in [6.45, 7) is -1.12. The number of ether oxygens (including phenoxy) is 2. The minimum Gasteiger partial charge on any atom is -0.483 e. The van der Waals surface area contributed by atoms with Crippen LogP contribution in [-0.2, 0) is 20.5 Å². The molecule has 28 heavy (non-hydrogen) atoms. The standard InChI is InChI=1S/C18H15F3N2O5/c19-18(20,21)11-5-7-12(8-6-11)23-16(25)10-28-17(26)13-3-1-2-4-14(13)27-9-15(22)24/h1-8H,9-10H2,(H2,22,24)(H,23,25). The summed E-state index contributed by atoms with van der Waals surface area (Å²) in [6.07, 6.45) is -4.48. The fourth-order valence-corrected chi connectivity index (χ4v) is 2.06. The molecule has 0 spiro atoms. The Labute approximate surface area is 157 Å². The highest BCUT2D eigenvalue weighted by molar-refractivity contribution is 5.96. The van der Waals surface area contributed by atoms with Gasteiger partial charge in [0, 0.05) is 5.69 Å². The molecule has 3 N–H and O–H groups in total. The van der Waals surface area contributed by atoms with Gasteiger partial charge in [0.25, 0.3) is 11.8 Å². The number of carbonyl (C=O) groups is 3. The molecule has 2 amide bonds. The topological polar surface area (TPSA) is 108 Å². The number of nitrogens with two attached hydrogens (primary N) is 1. The highest BCUT2D eigenvalue weighted by Crippen LogP contribution is 2.29. The first-order chi connectivity index (χ1) is 13.2. The van der Waals surface area contributed by atoms with Crippen molar-refractivity contribution in [3.05, 3.63) is 59.7 Å². The molecule has 0 radical (unpaired) electrons. The summed E-state index contributed by atoms with van der Waals surface area (Å²) in [7, 11) is 0. The summed E-state index contributed by atoms with van der Waals surface area (Å²) in [5.41, 5.74) is 4.21. The Bertz CT molecular complexity index is 866. The molecule has 0 aliphatic rings. The first-order valence-electron chi connectivity index (χ1n) is 7.81. The van der Waals surface area contributed by atoms with E-state index in [2.05, 4.69) is 5.32 Å². The molecular formula is C18H15F3N2O5. The van der Waals surface area contributed by atoms with E-state index in [9.17, 15) is 27.6 Å². The molecule has 0 aliphatic heterocycles. The fourth-order valence-electron chi connectivity index (χ4n) is 2.06. The van der Waals surface area contributed by atoms with Gasteiger partial charge in [0.15, 0.2) is 13.2 Å². The molecule has 148 valence electrons. The van der Waals surface area contributed by atoms with Crippen LogP contribution in [0.5, 0.6) is 5.75 Å². The Balaban J connectivity index is 1.92. The van der Waals surface area contributed by atoms with Gasteiger partial charge in [0.1, 0.15) is 11.3 Å². The largest absolute Gasteiger partial charge is 0.483 e. The zero-order chi connectivity index (χ0) is 20.7. The van der Waals surface area contributed by atoms with E-state index in [0.29, 0.717) is 0 Å². The number of halogens is 3. The molecule has 0 fully saturated rings. The Morgan fingerprint density at radius 3 is 2.21 bits per heavy atom. The molecule has 0 unspecified atom stereocenters. The number of para-hydroxylation sites is 1. The maximum atomic E-state index is 12.5. The first-order valence-corrected chi connectivity index (χ1v) is 7.81. The van der Waals surface area contributed by atoms with Gasteiger partial charge in [0.2, 0.25) is 0 Å². The van der Waals surface area contributed by atoms with E-state index >= 15 is 0 Å². The van der Waals surface area contributed by atoms with E-state index < -0.39 is 42.7 Å². The minimum absolute atomic E-state index is 0.0221. The number of anilines is 1. The summed E-state index contributed by atoms with van der Waals surface area (Å²) in [5, 5.41) is 2.31. The number of benzene rings is 2. The van der Waals surface area contributed by atoms with Crippen LogP contribution in [-0.4, -0.2) is 31.0 Å². The monoisotopic (exact) mass is 396 g/mol. The van der Waals surface area contributed by atoms with Gasteiger partial charge in [-0.3, -0.25) is 9.59 Å². The van der Waals surface area contributed by atoms with Crippen molar-refractivity contribution < 1.29 is 37.0 Å². The van der Waals surface area contributed by atoms with E-state index in [1.54, 1.807) is 6.07 Å². The van der Waals surface area contributed by atoms with Crippen molar-refractivity contribution in [2.45, 2.75) is 6.18 Å². The average Bonchev–Trinajstić information content (AvgIpc) is 2.64. The van der Waals surface area contributed by atoms with Crippen molar-refractivity contribution in [3.8, 4) is 5.75 Å². The first kappa shape index (κ1) is 20.7. The van der Waals surface area contributed by atoms with E-state index in [0.717, 1.165) is 24.3 Å². The highest BCUT2D eigenvalue weighted by atomic mass is 19.4. The van der Waals surface area contributed by atoms with Crippen molar-refractivity contribution in [1.29, 1.82) is 0 Å². The molecule has 2 aromatic carbocycles. The molecule has 0 atom stereocenters. The number of amides is 2. The normalized spacial score (nSPS) is 10.8. The van der Waals surface area contributed by atoms with Gasteiger partial charge in [0.05, 0.1) is 5.56 Å². The van der Waals surface area contributed by atoms with Gasteiger partial charge < -0.3 is 20.5 Å². The highest BCUT2D eigenvalue weighted by Gasteiger charge is 2.30. The van der Waals surface area contributed by atoms with E-state index in [-0.39, 0.29) is 17.0 Å². The second kappa shape index (κ2) is 8.89. The number of rotatable bonds is 7. The number of carbonyl (C=O) groups excluding carboxylic acids is 3. The zero-order valence-corrected chi connectivity index (χ0v) is 14.3. The second-order valence-electron chi connectivity index (χ2n) is 5.45. The van der Waals surface area contributed by atoms with Crippen molar-refractivity contribution >= 4 is 23.5 Å². The maximum absolute atomic E-state index is 12.5. The van der Waals surface area contributed by atoms with Gasteiger partial charge in [-0.1, -0.05) is 12.1 Å². The third-order valence-corrected chi connectivity index (χ3v) is 3.31. The van der Waals surface area contributed by atoms with Crippen LogP contribution >= 0.6 is 0 Å². The summed E-state index contributed by atoms with van der Waals surface area (Å²) in [6, 6.07) is 9.65. The quantitative estimate of drug-likeness (QED) is 0.699. The summed E-state index contributed by atoms with van der Waals surface area (Å²) in [4.78, 5) is 34.7. The SMILES string of the molecule is NC(=O)COc1ccccc1C(=O)OCC(=O)Nc1ccc(C(F)(F)F)cc1. The predicted octanol–water partition coefficient (Wildman–Crippen LogP) is 2.37. The molecule has 0 aliphatic carbocycles. The molecule has 7 nitrogen and oxygen atoms in total. The molecule has 2 aromatic rings. The predicted molar refractivity (Wildman–Crippen MR) is 91.5 cm³/mol. The minimum atomic E-state index is -4.48. The van der Waals surface area contributed by atoms with E-state index in [1.165, 1.54) is 18.2 Å². The number of hydrogen-bond donors (Lipinski definition) is 2. The van der Waals surface area contributed by atoms with Crippen LogP contribution in [0.25, 0.3) is 0 Å². The van der Waals surface area contributed by atoms with Crippen molar-refractivity contribution in [2.24, 2.45) is 5.73 Å². The van der Waals surface area contributed by atoms with Gasteiger partial charge in [-0.25, -0.2) is 4.79 Å². The van der Waals surface area contributed by atoms with Gasteiger partial charge in [-0.15, -0.1) is 0 Å². The maximum Gasteiger partial charge on any atom is 0.416 e. The van der Waals surface area contributed by atoms with Gasteiger partial charge in [-0.2, -0.15) is 13.2 Å². The third kappa shape index (κ3) is 6.01. The second-order valence-corrected chi connectivity index (χ2v) is 5.45. The molecule has 0 aromatic heterocycles. The number of nitrogens with one attached hydrogen (secondary N) is 1. The van der Waals surface area contributed by atoms with Crippen LogP contribution in [0.3, 0.4) is 0 Å². The Morgan fingerprint density at radius 2 is 1.61 bits per heavy atom. The fraction of sp³-hybridized carbons (Fsp3) is 0.167. The Morgan fingerprint density at radius 1 is 0.964 bits per heavy atom. The number of primary amides is 1. The smallest absolute Gasteiger partial charge is 0.416 e. The van der Waals surface area contributed by atoms with E-state index in [1.807, 2.05) is 0 Å². The van der Waals surface area contributed by atoms with Crippen molar-refractivity contribution in [3.63, 3.8) is 0 Å². The van der Waals surface area contributed by atoms with Gasteiger partial charge >= 0.3 is 12.1 Å². The summed E-state index contributed by atoms with van der Waals surface area (Å²) >= 11 is 0. The number of esters is 1. The van der Waals surface area contributed by atoms with Crippen molar-refractivity contribution in [1.82, 2.24) is 0 Å². The Kier molecular flexibility index (Phi) is 6.59. The zero-order valence-electron chi connectivity index (χ0n) is 14.3. The summed E-state index contributed by atoms with van der Waals surface area (Å²) < 4.78 is 47.5. The lowest BCUT2D eigenvalue weighted by Crippen LogP contribution is -2.22. The Hall–Kier alpha value is -3.56. The van der Waals surface area contributed by atoms with Crippen LogP contribution in [0.1, 0.15) is 15.9 Å². The molecular weight excluding hydrogens is 381 g/mol. The van der Waals surface area contributed by atoms with Crippen molar-refractivity contribution in [2.75, 3.05) is 18.5 Å². The van der Waals surface area contributed by atoms with Crippen LogP contribution in [0, 0.1) is 0 Å². The molecule has 2 rings (SSSR count). The summed E-state index contributed by atoms with van der Waals surface area (Å²) in [5.74, 6) is -2.32. The lowest BCUT2D eigenvalue weighted by atomic mass is 10.2. The molecule has 0 bridgehead atoms. The number of alkyl halides is 3. The third-order valence-electron chi connectivity index (χ3n) is 3.31. The van der Waals surface area contributed by atoms with Crippen LogP contribution < -0.4 is 15.8 Å². The van der Waals surface area contributed by atoms with Crippen LogP contribution in [0.4, 0.5) is 18.9 Å². The molecule has 10 heteroatoms. The van der Waals surface area contributed by atoms with Crippen LogP contribution in [0.2, 0.25) is 0 Å². The molecule has 0 saturated heterocycles. The lowest BCUT2D eigenvalue weighted by molar-refractivity contribution is -0.137. The molecule has 0 heterocycles. The van der Waals surface area contributed by atoms with Crippen LogP contribution in [0.15, 0.2) is 48.5 Å².